The van der Waals surface area contributed by atoms with Crippen molar-refractivity contribution in [3.05, 3.63) is 42.0 Å². The van der Waals surface area contributed by atoms with Crippen molar-refractivity contribution < 1.29 is 9.59 Å². The molecule has 3 fully saturated rings. The molecule has 1 saturated carbocycles. The number of hydrogen-bond acceptors (Lipinski definition) is 2. The van der Waals surface area contributed by atoms with Crippen LogP contribution >= 0.6 is 0 Å². The molecule has 1 aromatic carbocycles. The molecule has 2 unspecified atom stereocenters. The van der Waals surface area contributed by atoms with Gasteiger partial charge in [-0.2, -0.15) is 0 Å². The average molecular weight is 381 g/mol. The molecule has 3 aliphatic rings. The Morgan fingerprint density at radius 1 is 0.857 bits per heavy atom. The number of likely N-dealkylation sites (tertiary alicyclic amines) is 2. The molecule has 0 bridgehead atoms. The lowest BCUT2D eigenvalue weighted by atomic mass is 9.77. The largest absolute Gasteiger partial charge is 0.339 e. The van der Waals surface area contributed by atoms with E-state index in [0.717, 1.165) is 37.3 Å². The zero-order valence-corrected chi connectivity index (χ0v) is 16.8. The summed E-state index contributed by atoms with van der Waals surface area (Å²) in [6.45, 7) is 2.32. The highest BCUT2D eigenvalue weighted by atomic mass is 16.2. The predicted molar refractivity (Wildman–Crippen MR) is 111 cm³/mol. The molecule has 1 aromatic rings. The van der Waals surface area contributed by atoms with Crippen LogP contribution in [0.5, 0.6) is 0 Å². The molecule has 0 aromatic heterocycles. The molecule has 2 saturated heterocycles. The van der Waals surface area contributed by atoms with Crippen LogP contribution in [0.15, 0.2) is 36.4 Å². The van der Waals surface area contributed by atoms with Gasteiger partial charge in [0.2, 0.25) is 11.8 Å². The Morgan fingerprint density at radius 3 is 2.36 bits per heavy atom. The highest BCUT2D eigenvalue weighted by Gasteiger charge is 2.38. The van der Waals surface area contributed by atoms with Gasteiger partial charge in [0.25, 0.3) is 0 Å². The van der Waals surface area contributed by atoms with Crippen LogP contribution in [0.4, 0.5) is 0 Å². The molecule has 0 spiro atoms. The van der Waals surface area contributed by atoms with Crippen molar-refractivity contribution in [3.63, 3.8) is 0 Å². The number of carbonyl (C=O) groups is 2. The lowest BCUT2D eigenvalue weighted by Gasteiger charge is -2.46. The molecule has 2 heterocycles. The molecule has 4 rings (SSSR count). The van der Waals surface area contributed by atoms with E-state index in [4.69, 9.17) is 0 Å². The number of piperidine rings is 2. The quantitative estimate of drug-likeness (QED) is 0.740. The van der Waals surface area contributed by atoms with Crippen LogP contribution in [0, 0.1) is 11.8 Å². The number of amides is 2. The van der Waals surface area contributed by atoms with Crippen molar-refractivity contribution in [1.29, 1.82) is 0 Å². The van der Waals surface area contributed by atoms with Crippen LogP contribution < -0.4 is 0 Å². The zero-order chi connectivity index (χ0) is 19.3. The highest BCUT2D eigenvalue weighted by molar-refractivity contribution is 5.92. The molecule has 0 radical (unpaired) electrons. The van der Waals surface area contributed by atoms with E-state index in [9.17, 15) is 9.59 Å². The van der Waals surface area contributed by atoms with E-state index in [1.807, 2.05) is 41.3 Å². The summed E-state index contributed by atoms with van der Waals surface area (Å²) in [5, 5.41) is 0. The fraction of sp³-hybridized carbons (Fsp3) is 0.583. The molecule has 4 nitrogen and oxygen atoms in total. The molecule has 2 aliphatic heterocycles. The van der Waals surface area contributed by atoms with E-state index in [0.29, 0.717) is 25.0 Å². The third kappa shape index (κ3) is 4.31. The van der Waals surface area contributed by atoms with Crippen LogP contribution in [0.3, 0.4) is 0 Å². The smallest absolute Gasteiger partial charge is 0.246 e. The molecule has 28 heavy (non-hydrogen) atoms. The van der Waals surface area contributed by atoms with Gasteiger partial charge in [-0.3, -0.25) is 9.59 Å². The SMILES string of the molecule is O=C(/C=C/c1ccccc1)N1CCC(C(=O)N2CCCC3CCCCC32)CC1. The third-order valence-corrected chi connectivity index (χ3v) is 6.90. The predicted octanol–water partition coefficient (Wildman–Crippen LogP) is 4.12. The summed E-state index contributed by atoms with van der Waals surface area (Å²) in [5.41, 5.74) is 1.04. The first-order valence-corrected chi connectivity index (χ1v) is 11.0. The van der Waals surface area contributed by atoms with Gasteiger partial charge < -0.3 is 9.80 Å². The first-order chi connectivity index (χ1) is 13.7. The maximum Gasteiger partial charge on any atom is 0.246 e. The van der Waals surface area contributed by atoms with Gasteiger partial charge in [0, 0.05) is 37.7 Å². The van der Waals surface area contributed by atoms with Gasteiger partial charge in [0.1, 0.15) is 0 Å². The van der Waals surface area contributed by atoms with Crippen molar-refractivity contribution in [3.8, 4) is 0 Å². The minimum Gasteiger partial charge on any atom is -0.339 e. The standard InChI is InChI=1S/C24H32N2O2/c27-23(13-12-19-7-2-1-3-8-19)25-17-14-21(15-18-25)24(28)26-16-6-10-20-9-4-5-11-22(20)26/h1-3,7-8,12-13,20-22H,4-6,9-11,14-18H2/b13-12+. The zero-order valence-electron chi connectivity index (χ0n) is 16.8. The summed E-state index contributed by atoms with van der Waals surface area (Å²) in [7, 11) is 0. The van der Waals surface area contributed by atoms with Crippen LogP contribution in [0.2, 0.25) is 0 Å². The number of fused-ring (bicyclic) bond motifs is 1. The summed E-state index contributed by atoms with van der Waals surface area (Å²) in [5.74, 6) is 1.25. The summed E-state index contributed by atoms with van der Waals surface area (Å²) in [6, 6.07) is 10.4. The molecule has 2 atom stereocenters. The molecule has 4 heteroatoms. The van der Waals surface area contributed by atoms with Gasteiger partial charge >= 0.3 is 0 Å². The van der Waals surface area contributed by atoms with Gasteiger partial charge in [-0.1, -0.05) is 43.2 Å². The van der Waals surface area contributed by atoms with Gasteiger partial charge in [0.05, 0.1) is 0 Å². The molecular weight excluding hydrogens is 348 g/mol. The van der Waals surface area contributed by atoms with Crippen molar-refractivity contribution >= 4 is 17.9 Å². The number of carbonyl (C=O) groups excluding carboxylic acids is 2. The van der Waals surface area contributed by atoms with Crippen molar-refractivity contribution in [2.75, 3.05) is 19.6 Å². The third-order valence-electron chi connectivity index (χ3n) is 6.90. The van der Waals surface area contributed by atoms with E-state index in [2.05, 4.69) is 4.90 Å². The summed E-state index contributed by atoms with van der Waals surface area (Å²) in [6.07, 6.45) is 12.7. The van der Waals surface area contributed by atoms with Crippen LogP contribution in [-0.2, 0) is 9.59 Å². The topological polar surface area (TPSA) is 40.6 Å². The molecule has 2 amide bonds. The summed E-state index contributed by atoms with van der Waals surface area (Å²) < 4.78 is 0. The second-order valence-electron chi connectivity index (χ2n) is 8.63. The van der Waals surface area contributed by atoms with Crippen molar-refractivity contribution in [2.24, 2.45) is 11.8 Å². The summed E-state index contributed by atoms with van der Waals surface area (Å²) in [4.78, 5) is 29.8. The highest BCUT2D eigenvalue weighted by Crippen LogP contribution is 2.36. The van der Waals surface area contributed by atoms with Crippen LogP contribution in [0.25, 0.3) is 6.08 Å². The lowest BCUT2D eigenvalue weighted by molar-refractivity contribution is -0.145. The first kappa shape index (κ1) is 19.2. The monoisotopic (exact) mass is 380 g/mol. The minimum atomic E-state index is 0.0556. The van der Waals surface area contributed by atoms with E-state index in [1.165, 1.54) is 32.1 Å². The summed E-state index contributed by atoms with van der Waals surface area (Å²) >= 11 is 0. The van der Waals surface area contributed by atoms with E-state index < -0.39 is 0 Å². The molecular formula is C24H32N2O2. The second-order valence-corrected chi connectivity index (χ2v) is 8.63. The Kier molecular flexibility index (Phi) is 6.13. The maximum absolute atomic E-state index is 13.2. The average Bonchev–Trinajstić information content (AvgIpc) is 2.77. The normalized spacial score (nSPS) is 26.3. The number of benzene rings is 1. The van der Waals surface area contributed by atoms with Crippen molar-refractivity contribution in [2.45, 2.75) is 57.4 Å². The fourth-order valence-electron chi connectivity index (χ4n) is 5.32. The minimum absolute atomic E-state index is 0.0556. The Morgan fingerprint density at radius 2 is 1.57 bits per heavy atom. The molecule has 150 valence electrons. The first-order valence-electron chi connectivity index (χ1n) is 11.0. The van der Waals surface area contributed by atoms with E-state index in [-0.39, 0.29) is 11.8 Å². The second kappa shape index (κ2) is 8.93. The van der Waals surface area contributed by atoms with E-state index >= 15 is 0 Å². The van der Waals surface area contributed by atoms with Gasteiger partial charge in [-0.15, -0.1) is 0 Å². The van der Waals surface area contributed by atoms with E-state index in [1.54, 1.807) is 6.08 Å². The number of nitrogens with zero attached hydrogens (tertiary/aromatic N) is 2. The number of rotatable bonds is 3. The van der Waals surface area contributed by atoms with Crippen LogP contribution in [-0.4, -0.2) is 47.3 Å². The molecule has 0 N–H and O–H groups in total. The van der Waals surface area contributed by atoms with Gasteiger partial charge in [-0.25, -0.2) is 0 Å². The maximum atomic E-state index is 13.2. The van der Waals surface area contributed by atoms with Crippen LogP contribution in [0.1, 0.15) is 56.9 Å². The van der Waals surface area contributed by atoms with Crippen molar-refractivity contribution in [1.82, 2.24) is 9.80 Å². The molecule has 1 aliphatic carbocycles. The lowest BCUT2D eigenvalue weighted by Crippen LogP contribution is -2.53. The Hall–Kier alpha value is -2.10. The number of hydrogen-bond donors (Lipinski definition) is 0. The Bertz CT molecular complexity index is 705. The Balaban J connectivity index is 1.30. The fourth-order valence-corrected chi connectivity index (χ4v) is 5.32. The van der Waals surface area contributed by atoms with Gasteiger partial charge in [0.15, 0.2) is 0 Å². The Labute approximate surface area is 168 Å². The van der Waals surface area contributed by atoms with Gasteiger partial charge in [-0.05, 0) is 56.1 Å².